The quantitative estimate of drug-likeness (QED) is 0.716. The third kappa shape index (κ3) is 4.92. The molecular formula is C22H31N3O3S2. The van der Waals surface area contributed by atoms with Gasteiger partial charge in [-0.2, -0.15) is 4.31 Å². The zero-order valence-electron chi connectivity index (χ0n) is 18.4. The Kier molecular flexibility index (Phi) is 6.99. The fraction of sp³-hybridized carbons (Fsp3) is 0.545. The summed E-state index contributed by atoms with van der Waals surface area (Å²) in [5.41, 5.74) is 2.67. The summed E-state index contributed by atoms with van der Waals surface area (Å²) in [7, 11) is -3.63. The number of sulfonamides is 1. The Hall–Kier alpha value is -1.77. The number of rotatable bonds is 6. The van der Waals surface area contributed by atoms with E-state index in [1.165, 1.54) is 6.07 Å². The van der Waals surface area contributed by atoms with E-state index in [0.717, 1.165) is 29.1 Å². The zero-order valence-corrected chi connectivity index (χ0v) is 20.0. The molecular weight excluding hydrogens is 418 g/mol. The van der Waals surface area contributed by atoms with Crippen molar-refractivity contribution in [3.05, 3.63) is 44.9 Å². The van der Waals surface area contributed by atoms with Crippen molar-refractivity contribution in [3.8, 4) is 0 Å². The fourth-order valence-electron chi connectivity index (χ4n) is 3.53. The van der Waals surface area contributed by atoms with Crippen LogP contribution in [0, 0.1) is 19.8 Å². The molecule has 0 atom stereocenters. The van der Waals surface area contributed by atoms with Gasteiger partial charge in [-0.3, -0.25) is 4.79 Å². The highest BCUT2D eigenvalue weighted by Crippen LogP contribution is 2.28. The van der Waals surface area contributed by atoms with Gasteiger partial charge < -0.3 is 5.32 Å². The van der Waals surface area contributed by atoms with Crippen molar-refractivity contribution in [2.45, 2.75) is 64.8 Å². The van der Waals surface area contributed by atoms with E-state index < -0.39 is 10.0 Å². The third-order valence-electron chi connectivity index (χ3n) is 5.74. The molecule has 1 aromatic heterocycles. The van der Waals surface area contributed by atoms with Crippen molar-refractivity contribution in [1.29, 1.82) is 0 Å². The molecule has 164 valence electrons. The van der Waals surface area contributed by atoms with Gasteiger partial charge in [0.25, 0.3) is 5.91 Å². The minimum Gasteiger partial charge on any atom is -0.346 e. The van der Waals surface area contributed by atoms with E-state index in [-0.39, 0.29) is 10.8 Å². The molecule has 1 aromatic carbocycles. The number of piperidine rings is 1. The van der Waals surface area contributed by atoms with Crippen LogP contribution in [0.3, 0.4) is 0 Å². The second-order valence-corrected chi connectivity index (χ2v) is 11.3. The van der Waals surface area contributed by atoms with Gasteiger partial charge in [0, 0.05) is 30.0 Å². The average molecular weight is 450 g/mol. The number of hydrogen-bond donors (Lipinski definition) is 1. The summed E-state index contributed by atoms with van der Waals surface area (Å²) >= 11 is 1.58. The summed E-state index contributed by atoms with van der Waals surface area (Å²) in [6.07, 6.45) is 1.73. The van der Waals surface area contributed by atoms with Crippen molar-refractivity contribution in [2.24, 2.45) is 5.92 Å². The molecule has 1 fully saturated rings. The van der Waals surface area contributed by atoms with Crippen molar-refractivity contribution < 1.29 is 13.2 Å². The van der Waals surface area contributed by atoms with Crippen molar-refractivity contribution in [2.75, 3.05) is 13.1 Å². The standard InChI is InChI=1S/C22H31N3O3S2/c1-14(2)22-24-19(13-29-22)12-23-21(26)18-10-16(4)17(5)20(11-18)30(27,28)25-8-6-15(3)7-9-25/h10-11,13-15H,6-9,12H2,1-5H3,(H,23,26). The lowest BCUT2D eigenvalue weighted by molar-refractivity contribution is 0.0950. The van der Waals surface area contributed by atoms with Crippen LogP contribution in [0.15, 0.2) is 22.4 Å². The van der Waals surface area contributed by atoms with E-state index in [2.05, 4.69) is 31.1 Å². The molecule has 30 heavy (non-hydrogen) atoms. The number of hydrogen-bond acceptors (Lipinski definition) is 5. The highest BCUT2D eigenvalue weighted by atomic mass is 32.2. The summed E-state index contributed by atoms with van der Waals surface area (Å²) in [5, 5.41) is 5.86. The number of aryl methyl sites for hydroxylation is 1. The molecule has 1 N–H and O–H groups in total. The molecule has 2 heterocycles. The first-order valence-electron chi connectivity index (χ1n) is 10.4. The maximum absolute atomic E-state index is 13.3. The predicted molar refractivity (Wildman–Crippen MR) is 120 cm³/mol. The van der Waals surface area contributed by atoms with Gasteiger partial charge in [0.15, 0.2) is 0 Å². The Morgan fingerprint density at radius 3 is 2.53 bits per heavy atom. The molecule has 1 aliphatic heterocycles. The zero-order chi connectivity index (χ0) is 22.1. The minimum absolute atomic E-state index is 0.234. The highest BCUT2D eigenvalue weighted by Gasteiger charge is 2.30. The molecule has 1 saturated heterocycles. The number of carbonyl (C=O) groups excluding carboxylic acids is 1. The normalized spacial score (nSPS) is 16.2. The Labute approximate surface area is 183 Å². The van der Waals surface area contributed by atoms with Crippen LogP contribution in [0.5, 0.6) is 0 Å². The Bertz CT molecular complexity index is 1020. The number of amides is 1. The number of nitrogens with zero attached hydrogens (tertiary/aromatic N) is 2. The molecule has 3 rings (SSSR count). The molecule has 0 spiro atoms. The molecule has 0 bridgehead atoms. The van der Waals surface area contributed by atoms with Crippen LogP contribution in [0.25, 0.3) is 0 Å². The van der Waals surface area contributed by atoms with Gasteiger partial charge in [-0.25, -0.2) is 13.4 Å². The van der Waals surface area contributed by atoms with Crippen LogP contribution < -0.4 is 5.32 Å². The molecule has 1 aliphatic rings. The molecule has 0 radical (unpaired) electrons. The molecule has 6 nitrogen and oxygen atoms in total. The number of nitrogens with one attached hydrogen (secondary N) is 1. The fourth-order valence-corrected chi connectivity index (χ4v) is 6.16. The summed E-state index contributed by atoms with van der Waals surface area (Å²) in [4.78, 5) is 17.5. The van der Waals surface area contributed by atoms with Crippen molar-refractivity contribution in [1.82, 2.24) is 14.6 Å². The number of benzene rings is 1. The van der Waals surface area contributed by atoms with Gasteiger partial charge in [0.2, 0.25) is 10.0 Å². The summed E-state index contributed by atoms with van der Waals surface area (Å²) in [6.45, 7) is 11.3. The number of thiazole rings is 1. The molecule has 0 unspecified atom stereocenters. The minimum atomic E-state index is -3.63. The van der Waals surface area contributed by atoms with E-state index in [1.807, 2.05) is 12.3 Å². The first-order valence-corrected chi connectivity index (χ1v) is 12.8. The second-order valence-electron chi connectivity index (χ2n) is 8.52. The SMILES string of the molecule is Cc1cc(C(=O)NCc2csc(C(C)C)n2)cc(S(=O)(=O)N2CCC(C)CC2)c1C. The molecule has 0 aliphatic carbocycles. The monoisotopic (exact) mass is 449 g/mol. The topological polar surface area (TPSA) is 79.4 Å². The third-order valence-corrected chi connectivity index (χ3v) is 8.95. The van der Waals surface area contributed by atoms with E-state index in [0.29, 0.717) is 42.6 Å². The van der Waals surface area contributed by atoms with Crippen molar-refractivity contribution in [3.63, 3.8) is 0 Å². The van der Waals surface area contributed by atoms with Gasteiger partial charge in [0.1, 0.15) is 0 Å². The number of aromatic nitrogens is 1. The maximum Gasteiger partial charge on any atom is 0.251 e. The lowest BCUT2D eigenvalue weighted by Gasteiger charge is -2.30. The average Bonchev–Trinajstić information content (AvgIpc) is 3.17. The Morgan fingerprint density at radius 1 is 1.27 bits per heavy atom. The maximum atomic E-state index is 13.3. The molecule has 1 amide bonds. The summed E-state index contributed by atoms with van der Waals surface area (Å²) < 4.78 is 28.1. The largest absolute Gasteiger partial charge is 0.346 e. The van der Waals surface area contributed by atoms with Gasteiger partial charge in [-0.15, -0.1) is 11.3 Å². The van der Waals surface area contributed by atoms with Crippen LogP contribution in [0.2, 0.25) is 0 Å². The van der Waals surface area contributed by atoms with Gasteiger partial charge in [0.05, 0.1) is 22.1 Å². The smallest absolute Gasteiger partial charge is 0.251 e. The molecule has 8 heteroatoms. The van der Waals surface area contributed by atoms with E-state index in [4.69, 9.17) is 0 Å². The highest BCUT2D eigenvalue weighted by molar-refractivity contribution is 7.89. The van der Waals surface area contributed by atoms with E-state index in [9.17, 15) is 13.2 Å². The summed E-state index contributed by atoms with van der Waals surface area (Å²) in [6, 6.07) is 3.27. The lowest BCUT2D eigenvalue weighted by atomic mass is 10.0. The summed E-state index contributed by atoms with van der Waals surface area (Å²) in [5.74, 6) is 0.601. The Balaban J connectivity index is 1.80. The predicted octanol–water partition coefficient (Wildman–Crippen LogP) is 4.23. The first-order chi connectivity index (χ1) is 14.1. The van der Waals surface area contributed by atoms with Crippen molar-refractivity contribution >= 4 is 27.3 Å². The van der Waals surface area contributed by atoms with E-state index >= 15 is 0 Å². The first kappa shape index (κ1) is 22.9. The van der Waals surface area contributed by atoms with Crippen LogP contribution >= 0.6 is 11.3 Å². The number of carbonyl (C=O) groups is 1. The Morgan fingerprint density at radius 2 is 1.93 bits per heavy atom. The van der Waals surface area contributed by atoms with E-state index in [1.54, 1.807) is 28.6 Å². The van der Waals surface area contributed by atoms with Crippen LogP contribution in [0.4, 0.5) is 0 Å². The van der Waals surface area contributed by atoms with Gasteiger partial charge >= 0.3 is 0 Å². The molecule has 2 aromatic rings. The van der Waals surface area contributed by atoms with Crippen LogP contribution in [-0.2, 0) is 16.6 Å². The second kappa shape index (κ2) is 9.16. The van der Waals surface area contributed by atoms with Crippen LogP contribution in [0.1, 0.15) is 71.7 Å². The van der Waals surface area contributed by atoms with Gasteiger partial charge in [-0.05, 0) is 55.9 Å². The molecule has 0 saturated carbocycles. The van der Waals surface area contributed by atoms with Crippen LogP contribution in [-0.4, -0.2) is 36.7 Å². The lowest BCUT2D eigenvalue weighted by Crippen LogP contribution is -2.38. The van der Waals surface area contributed by atoms with Gasteiger partial charge in [-0.1, -0.05) is 20.8 Å².